The summed E-state index contributed by atoms with van der Waals surface area (Å²) >= 11 is 3.08. The van der Waals surface area contributed by atoms with Crippen molar-refractivity contribution in [2.24, 2.45) is 0 Å². The number of aromatic nitrogens is 2. The topological polar surface area (TPSA) is 87.6 Å². The first-order valence-electron chi connectivity index (χ1n) is 5.51. The van der Waals surface area contributed by atoms with Crippen LogP contribution < -0.4 is 11.2 Å². The molecule has 18 heavy (non-hydrogen) atoms. The van der Waals surface area contributed by atoms with Crippen LogP contribution in [0.2, 0.25) is 0 Å². The fourth-order valence-electron chi connectivity index (χ4n) is 1.96. The lowest BCUT2D eigenvalue weighted by Gasteiger charge is -2.18. The van der Waals surface area contributed by atoms with Crippen LogP contribution in [0.3, 0.4) is 0 Å². The van der Waals surface area contributed by atoms with Gasteiger partial charge in [0, 0.05) is 19.8 Å². The van der Waals surface area contributed by atoms with Gasteiger partial charge in [-0.3, -0.25) is 19.2 Å². The number of H-pyrrole nitrogens is 1. The number of halogens is 1. The van der Waals surface area contributed by atoms with E-state index >= 15 is 0 Å². The van der Waals surface area contributed by atoms with Crippen molar-refractivity contribution in [3.05, 3.63) is 31.5 Å². The van der Waals surface area contributed by atoms with Crippen LogP contribution in [-0.4, -0.2) is 45.5 Å². The van der Waals surface area contributed by atoms with E-state index in [0.717, 1.165) is 0 Å². The number of hydroxylamine groups is 2. The van der Waals surface area contributed by atoms with Crippen LogP contribution in [0.1, 0.15) is 6.42 Å². The largest absolute Gasteiger partial charge is 0.394 e. The Bertz CT molecular complexity index is 541. The fraction of sp³-hybridized carbons (Fsp3) is 0.600. The van der Waals surface area contributed by atoms with Gasteiger partial charge in [0.1, 0.15) is 6.10 Å². The number of likely N-dealkylation sites (N-methyl/N-ethyl adjacent to an activating group) is 1. The van der Waals surface area contributed by atoms with E-state index in [0.29, 0.717) is 17.4 Å². The second-order valence-electron chi connectivity index (χ2n) is 4.23. The number of aliphatic hydroxyl groups excluding tert-OH is 1. The van der Waals surface area contributed by atoms with Crippen molar-refractivity contribution in [2.75, 3.05) is 13.7 Å². The Kier molecular flexibility index (Phi) is 4.00. The summed E-state index contributed by atoms with van der Waals surface area (Å²) in [7, 11) is 1.76. The standard InChI is InChI=1S/C10H14BrN3O4/c1-13-6(2-7(5-15)18-13)3-14-4-8(11)9(16)12-10(14)17/h4,6-7,15H,2-3,5H2,1H3,(H,12,16,17)/t6-,7-/m0/s1. The zero-order valence-corrected chi connectivity index (χ0v) is 11.4. The van der Waals surface area contributed by atoms with E-state index in [9.17, 15) is 9.59 Å². The molecule has 2 heterocycles. The van der Waals surface area contributed by atoms with E-state index < -0.39 is 11.2 Å². The van der Waals surface area contributed by atoms with Crippen LogP contribution in [-0.2, 0) is 11.4 Å². The molecule has 1 fully saturated rings. The fourth-order valence-corrected chi connectivity index (χ4v) is 2.31. The Morgan fingerprint density at radius 3 is 2.94 bits per heavy atom. The molecule has 2 N–H and O–H groups in total. The van der Waals surface area contributed by atoms with Crippen molar-refractivity contribution in [2.45, 2.75) is 25.1 Å². The predicted octanol–water partition coefficient (Wildman–Crippen LogP) is -0.704. The second-order valence-corrected chi connectivity index (χ2v) is 5.09. The van der Waals surface area contributed by atoms with Gasteiger partial charge in [-0.1, -0.05) is 0 Å². The molecule has 0 saturated carbocycles. The van der Waals surface area contributed by atoms with Gasteiger partial charge in [-0.15, -0.1) is 0 Å². The molecule has 7 nitrogen and oxygen atoms in total. The maximum atomic E-state index is 11.6. The third kappa shape index (κ3) is 2.72. The first-order chi connectivity index (χ1) is 8.51. The lowest BCUT2D eigenvalue weighted by Crippen LogP contribution is -2.36. The van der Waals surface area contributed by atoms with Gasteiger partial charge < -0.3 is 5.11 Å². The Morgan fingerprint density at radius 1 is 1.61 bits per heavy atom. The van der Waals surface area contributed by atoms with Crippen LogP contribution in [0, 0.1) is 0 Å². The van der Waals surface area contributed by atoms with Crippen LogP contribution in [0.5, 0.6) is 0 Å². The third-order valence-electron chi connectivity index (χ3n) is 2.94. The van der Waals surface area contributed by atoms with Gasteiger partial charge in [0.2, 0.25) is 0 Å². The zero-order valence-electron chi connectivity index (χ0n) is 9.80. The maximum Gasteiger partial charge on any atom is 0.328 e. The van der Waals surface area contributed by atoms with Gasteiger partial charge in [-0.25, -0.2) is 4.79 Å². The van der Waals surface area contributed by atoms with Gasteiger partial charge in [0.15, 0.2) is 0 Å². The van der Waals surface area contributed by atoms with Crippen molar-refractivity contribution in [3.63, 3.8) is 0 Å². The smallest absolute Gasteiger partial charge is 0.328 e. The average Bonchev–Trinajstić information content (AvgIpc) is 2.67. The van der Waals surface area contributed by atoms with E-state index in [1.807, 2.05) is 0 Å². The summed E-state index contributed by atoms with van der Waals surface area (Å²) in [6.07, 6.45) is 1.86. The summed E-state index contributed by atoms with van der Waals surface area (Å²) in [6, 6.07) is -0.0161. The van der Waals surface area contributed by atoms with Crippen LogP contribution in [0.4, 0.5) is 0 Å². The van der Waals surface area contributed by atoms with Gasteiger partial charge in [-0.2, -0.15) is 5.06 Å². The van der Waals surface area contributed by atoms with Gasteiger partial charge >= 0.3 is 5.69 Å². The summed E-state index contributed by atoms with van der Waals surface area (Å²) in [5.41, 5.74) is -0.899. The lowest BCUT2D eigenvalue weighted by molar-refractivity contribution is -0.153. The highest BCUT2D eigenvalue weighted by Crippen LogP contribution is 2.19. The SMILES string of the molecule is CN1O[C@H](CO)C[C@H]1Cn1cc(Br)c(=O)[nH]c1=O. The Labute approximate surface area is 111 Å². The Hall–Kier alpha value is -0.960. The van der Waals surface area contributed by atoms with Crippen molar-refractivity contribution >= 4 is 15.9 Å². The molecule has 1 saturated heterocycles. The van der Waals surface area contributed by atoms with E-state index in [2.05, 4.69) is 20.9 Å². The zero-order chi connectivity index (χ0) is 13.3. The normalized spacial score (nSPS) is 24.6. The molecule has 2 rings (SSSR count). The molecule has 100 valence electrons. The molecule has 8 heteroatoms. The Morgan fingerprint density at radius 2 is 2.33 bits per heavy atom. The number of nitrogens with one attached hydrogen (secondary N) is 1. The molecule has 0 radical (unpaired) electrons. The van der Waals surface area contributed by atoms with Crippen LogP contribution in [0.25, 0.3) is 0 Å². The monoisotopic (exact) mass is 319 g/mol. The van der Waals surface area contributed by atoms with Crippen LogP contribution in [0.15, 0.2) is 20.3 Å². The van der Waals surface area contributed by atoms with E-state index in [-0.39, 0.29) is 18.8 Å². The molecule has 1 aromatic rings. The molecule has 0 unspecified atom stereocenters. The molecular weight excluding hydrogens is 306 g/mol. The first kappa shape index (κ1) is 13.5. The van der Waals surface area contributed by atoms with Crippen molar-refractivity contribution in [1.29, 1.82) is 0 Å². The van der Waals surface area contributed by atoms with Gasteiger partial charge in [-0.05, 0) is 22.4 Å². The quantitative estimate of drug-likeness (QED) is 0.769. The molecule has 1 aliphatic heterocycles. The molecule has 1 aliphatic rings. The summed E-state index contributed by atoms with van der Waals surface area (Å²) in [5.74, 6) is 0. The summed E-state index contributed by atoms with van der Waals surface area (Å²) in [6.45, 7) is 0.340. The molecule has 0 bridgehead atoms. The van der Waals surface area contributed by atoms with Crippen molar-refractivity contribution < 1.29 is 9.94 Å². The molecule has 0 aliphatic carbocycles. The summed E-state index contributed by atoms with van der Waals surface area (Å²) in [5, 5.41) is 10.7. The molecule has 0 amide bonds. The predicted molar refractivity (Wildman–Crippen MR) is 67.1 cm³/mol. The highest BCUT2D eigenvalue weighted by molar-refractivity contribution is 9.10. The minimum absolute atomic E-state index is 0.0161. The average molecular weight is 320 g/mol. The number of hydrogen-bond donors (Lipinski definition) is 2. The first-order valence-corrected chi connectivity index (χ1v) is 6.30. The number of nitrogens with zero attached hydrogens (tertiary/aromatic N) is 2. The highest BCUT2D eigenvalue weighted by atomic mass is 79.9. The minimum Gasteiger partial charge on any atom is -0.394 e. The van der Waals surface area contributed by atoms with E-state index in [1.165, 1.54) is 10.8 Å². The van der Waals surface area contributed by atoms with E-state index in [1.54, 1.807) is 12.1 Å². The van der Waals surface area contributed by atoms with Crippen molar-refractivity contribution in [1.82, 2.24) is 14.6 Å². The number of rotatable bonds is 3. The molecule has 0 aromatic carbocycles. The minimum atomic E-state index is -0.455. The van der Waals surface area contributed by atoms with E-state index in [4.69, 9.17) is 9.94 Å². The number of aliphatic hydroxyl groups is 1. The molecule has 1 aromatic heterocycles. The number of hydrogen-bond acceptors (Lipinski definition) is 5. The van der Waals surface area contributed by atoms with Crippen LogP contribution >= 0.6 is 15.9 Å². The molecule has 0 spiro atoms. The van der Waals surface area contributed by atoms with Crippen molar-refractivity contribution in [3.8, 4) is 0 Å². The van der Waals surface area contributed by atoms with Gasteiger partial charge in [0.25, 0.3) is 5.56 Å². The van der Waals surface area contributed by atoms with Gasteiger partial charge in [0.05, 0.1) is 17.1 Å². The Balaban J connectivity index is 2.17. The number of aromatic amines is 1. The summed E-state index contributed by atoms with van der Waals surface area (Å²) < 4.78 is 1.72. The highest BCUT2D eigenvalue weighted by Gasteiger charge is 2.30. The lowest BCUT2D eigenvalue weighted by atomic mass is 10.1. The maximum absolute atomic E-state index is 11.6. The molecule has 2 atom stereocenters. The second kappa shape index (κ2) is 5.35. The molecular formula is C10H14BrN3O4. The summed E-state index contributed by atoms with van der Waals surface area (Å²) in [4.78, 5) is 30.4. The third-order valence-corrected chi connectivity index (χ3v) is 3.51.